The Balaban J connectivity index is 2.85. The first kappa shape index (κ1) is 19.2. The highest BCUT2D eigenvalue weighted by Crippen LogP contribution is 2.27. The molecule has 0 bridgehead atoms. The van der Waals surface area contributed by atoms with Crippen LogP contribution in [0.5, 0.6) is 5.75 Å². The fourth-order valence-electron chi connectivity index (χ4n) is 2.67. The molecule has 0 aliphatic carbocycles. The van der Waals surface area contributed by atoms with Crippen LogP contribution >= 0.6 is 0 Å². The van der Waals surface area contributed by atoms with E-state index in [9.17, 15) is 18.3 Å². The lowest BCUT2D eigenvalue weighted by Crippen LogP contribution is -2.45. The van der Waals surface area contributed by atoms with Crippen LogP contribution in [-0.4, -0.2) is 25.0 Å². The normalized spacial score (nSPS) is 13.3. The van der Waals surface area contributed by atoms with Gasteiger partial charge in [0, 0.05) is 17.0 Å². The fraction of sp³-hybridized carbons (Fsp3) is 0.471. The largest absolute Gasteiger partial charge is 0.507 e. The minimum absolute atomic E-state index is 0.0302. The first-order valence-electron chi connectivity index (χ1n) is 7.36. The molecule has 0 saturated carbocycles. The first-order chi connectivity index (χ1) is 10.3. The van der Waals surface area contributed by atoms with E-state index in [-0.39, 0.29) is 16.1 Å². The highest BCUT2D eigenvalue weighted by molar-refractivity contribution is 7.94. The SMILES string of the molecule is CC(C)(C)CC(C)(C)NC(=O)/C=C\S(=O)(=O)c1ccccc1O. The summed E-state index contributed by atoms with van der Waals surface area (Å²) in [7, 11) is -3.87. The molecule has 2 N–H and O–H groups in total. The molecule has 0 spiro atoms. The van der Waals surface area contributed by atoms with E-state index in [2.05, 4.69) is 26.1 Å². The second kappa shape index (κ2) is 6.74. The van der Waals surface area contributed by atoms with Gasteiger partial charge < -0.3 is 10.4 Å². The van der Waals surface area contributed by atoms with Gasteiger partial charge in [-0.3, -0.25) is 4.79 Å². The van der Waals surface area contributed by atoms with E-state index in [1.807, 2.05) is 13.8 Å². The Labute approximate surface area is 138 Å². The Hall–Kier alpha value is -1.82. The maximum Gasteiger partial charge on any atom is 0.245 e. The second-order valence-electron chi connectivity index (χ2n) is 7.43. The molecule has 0 radical (unpaired) electrons. The smallest absolute Gasteiger partial charge is 0.245 e. The fourth-order valence-corrected chi connectivity index (χ4v) is 3.74. The molecule has 0 heterocycles. The summed E-state index contributed by atoms with van der Waals surface area (Å²) in [6.45, 7) is 9.99. The summed E-state index contributed by atoms with van der Waals surface area (Å²) in [6, 6.07) is 5.61. The van der Waals surface area contributed by atoms with Crippen LogP contribution in [-0.2, 0) is 14.6 Å². The predicted octanol–water partition coefficient (Wildman–Crippen LogP) is 3.01. The molecular weight excluding hydrogens is 314 g/mol. The molecule has 0 aliphatic heterocycles. The highest BCUT2D eigenvalue weighted by Gasteiger charge is 2.26. The summed E-state index contributed by atoms with van der Waals surface area (Å²) in [6.07, 6.45) is 1.72. The number of nitrogens with one attached hydrogen (secondary N) is 1. The molecule has 1 rings (SSSR count). The van der Waals surface area contributed by atoms with Crippen molar-refractivity contribution in [2.75, 3.05) is 0 Å². The van der Waals surface area contributed by atoms with Crippen LogP contribution in [0, 0.1) is 5.41 Å². The van der Waals surface area contributed by atoms with Crippen molar-refractivity contribution in [3.05, 3.63) is 35.7 Å². The maximum atomic E-state index is 12.1. The van der Waals surface area contributed by atoms with Crippen molar-refractivity contribution in [2.45, 2.75) is 51.5 Å². The quantitative estimate of drug-likeness (QED) is 0.808. The highest BCUT2D eigenvalue weighted by atomic mass is 32.2. The third kappa shape index (κ3) is 6.44. The Morgan fingerprint density at radius 1 is 1.17 bits per heavy atom. The van der Waals surface area contributed by atoms with E-state index in [1.165, 1.54) is 24.3 Å². The summed E-state index contributed by atoms with van der Waals surface area (Å²) in [5, 5.41) is 13.2. The zero-order valence-electron chi connectivity index (χ0n) is 14.3. The van der Waals surface area contributed by atoms with Gasteiger partial charge in [-0.25, -0.2) is 8.42 Å². The van der Waals surface area contributed by atoms with Gasteiger partial charge in [-0.15, -0.1) is 0 Å². The minimum Gasteiger partial charge on any atom is -0.507 e. The number of rotatable bonds is 5. The van der Waals surface area contributed by atoms with Crippen LogP contribution in [0.25, 0.3) is 0 Å². The minimum atomic E-state index is -3.87. The van der Waals surface area contributed by atoms with Gasteiger partial charge in [-0.1, -0.05) is 32.9 Å². The van der Waals surface area contributed by atoms with E-state index in [4.69, 9.17) is 0 Å². The van der Waals surface area contributed by atoms with Crippen molar-refractivity contribution in [1.82, 2.24) is 5.32 Å². The number of sulfone groups is 1. The molecule has 0 saturated heterocycles. The summed E-state index contributed by atoms with van der Waals surface area (Å²) < 4.78 is 24.3. The second-order valence-corrected chi connectivity index (χ2v) is 9.23. The number of hydrogen-bond donors (Lipinski definition) is 2. The molecule has 0 unspecified atom stereocenters. The lowest BCUT2D eigenvalue weighted by Gasteiger charge is -2.32. The zero-order valence-corrected chi connectivity index (χ0v) is 15.1. The number of benzene rings is 1. The van der Waals surface area contributed by atoms with E-state index < -0.39 is 21.3 Å². The lowest BCUT2D eigenvalue weighted by molar-refractivity contribution is -0.118. The molecule has 6 heteroatoms. The van der Waals surface area contributed by atoms with Gasteiger partial charge in [0.1, 0.15) is 10.6 Å². The lowest BCUT2D eigenvalue weighted by atomic mass is 9.82. The Kier molecular flexibility index (Phi) is 5.64. The third-order valence-electron chi connectivity index (χ3n) is 3.00. The van der Waals surface area contributed by atoms with Crippen molar-refractivity contribution >= 4 is 15.7 Å². The molecule has 23 heavy (non-hydrogen) atoms. The molecule has 0 aliphatic rings. The average molecular weight is 339 g/mol. The van der Waals surface area contributed by atoms with E-state index >= 15 is 0 Å². The topological polar surface area (TPSA) is 83.5 Å². The van der Waals surface area contributed by atoms with Gasteiger partial charge in [-0.05, 0) is 37.8 Å². The monoisotopic (exact) mass is 339 g/mol. The van der Waals surface area contributed by atoms with Crippen LogP contribution in [0.4, 0.5) is 0 Å². The number of phenolic OH excluding ortho intramolecular Hbond substituents is 1. The summed E-state index contributed by atoms with van der Waals surface area (Å²) in [5.74, 6) is -0.830. The number of phenols is 1. The average Bonchev–Trinajstić information content (AvgIpc) is 2.33. The van der Waals surface area contributed by atoms with Crippen LogP contribution in [0.15, 0.2) is 40.6 Å². The molecule has 1 aromatic rings. The number of amides is 1. The summed E-state index contributed by atoms with van der Waals surface area (Å²) in [4.78, 5) is 11.8. The predicted molar refractivity (Wildman–Crippen MR) is 90.7 cm³/mol. The van der Waals surface area contributed by atoms with E-state index in [1.54, 1.807) is 0 Å². The first-order valence-corrected chi connectivity index (χ1v) is 8.90. The van der Waals surface area contributed by atoms with Crippen LogP contribution in [0.2, 0.25) is 0 Å². The molecule has 1 aromatic carbocycles. The molecular formula is C17H25NO4S. The van der Waals surface area contributed by atoms with Gasteiger partial charge in [0.25, 0.3) is 0 Å². The molecule has 5 nitrogen and oxygen atoms in total. The van der Waals surface area contributed by atoms with Gasteiger partial charge in [0.2, 0.25) is 15.7 Å². The molecule has 1 amide bonds. The molecule has 0 atom stereocenters. The van der Waals surface area contributed by atoms with Crippen molar-refractivity contribution in [3.8, 4) is 5.75 Å². The van der Waals surface area contributed by atoms with Crippen LogP contribution < -0.4 is 5.32 Å². The van der Waals surface area contributed by atoms with Gasteiger partial charge in [0.05, 0.1) is 0 Å². The Morgan fingerprint density at radius 2 is 1.74 bits per heavy atom. The summed E-state index contributed by atoms with van der Waals surface area (Å²) >= 11 is 0. The van der Waals surface area contributed by atoms with Crippen molar-refractivity contribution in [3.63, 3.8) is 0 Å². The number of para-hydroxylation sites is 1. The van der Waals surface area contributed by atoms with Crippen molar-refractivity contribution in [2.24, 2.45) is 5.41 Å². The van der Waals surface area contributed by atoms with Gasteiger partial charge in [0.15, 0.2) is 0 Å². The van der Waals surface area contributed by atoms with Crippen molar-refractivity contribution in [1.29, 1.82) is 0 Å². The number of aromatic hydroxyl groups is 1. The Bertz CT molecular complexity index is 698. The number of hydrogen-bond acceptors (Lipinski definition) is 4. The Morgan fingerprint density at radius 3 is 2.26 bits per heavy atom. The number of carbonyl (C=O) groups is 1. The molecule has 128 valence electrons. The third-order valence-corrected chi connectivity index (χ3v) is 4.46. The zero-order chi connectivity index (χ0) is 17.9. The van der Waals surface area contributed by atoms with Crippen LogP contribution in [0.3, 0.4) is 0 Å². The maximum absolute atomic E-state index is 12.1. The van der Waals surface area contributed by atoms with Gasteiger partial charge in [-0.2, -0.15) is 0 Å². The van der Waals surface area contributed by atoms with E-state index in [0.29, 0.717) is 0 Å². The summed E-state index contributed by atoms with van der Waals surface area (Å²) in [5.41, 5.74) is -0.430. The molecule has 0 aromatic heterocycles. The molecule has 0 fully saturated rings. The van der Waals surface area contributed by atoms with Crippen LogP contribution in [0.1, 0.15) is 41.0 Å². The van der Waals surface area contributed by atoms with Crippen molar-refractivity contribution < 1.29 is 18.3 Å². The van der Waals surface area contributed by atoms with E-state index in [0.717, 1.165) is 17.9 Å². The van der Waals surface area contributed by atoms with Gasteiger partial charge >= 0.3 is 0 Å². The number of carbonyl (C=O) groups excluding carboxylic acids is 1. The standard InChI is InChI=1S/C17H25NO4S/c1-16(2,3)12-17(4,5)18-15(20)10-11-23(21,22)14-9-7-6-8-13(14)19/h6-11,19H,12H2,1-5H3,(H,18,20)/b11-10-.